The van der Waals surface area contributed by atoms with Crippen LogP contribution < -0.4 is 5.56 Å². The Balaban J connectivity index is 2.06. The number of aliphatic hydroxyl groups is 3. The van der Waals surface area contributed by atoms with Gasteiger partial charge in [0, 0.05) is 0 Å². The number of aliphatic hydroxyl groups excluding tert-OH is 3. The standard InChI is InChI=1S/C10H12N4O5/c15-1-4-6(16)7(17)10(19-4)14-3-13-5-8(14)11-2-12-9(5)18/h2-4,6-7,10,15-17H,1H2,(H,11,12,18)/t4-,6?,7?,10+/m1/s1. The second-order valence-electron chi connectivity index (χ2n) is 4.28. The summed E-state index contributed by atoms with van der Waals surface area (Å²) in [6.45, 7) is -0.421. The third-order valence-corrected chi connectivity index (χ3v) is 3.16. The van der Waals surface area contributed by atoms with E-state index in [1.54, 1.807) is 0 Å². The Morgan fingerprint density at radius 1 is 1.37 bits per heavy atom. The van der Waals surface area contributed by atoms with Crippen molar-refractivity contribution in [1.82, 2.24) is 19.5 Å². The molecular formula is C10H12N4O5. The quantitative estimate of drug-likeness (QED) is 0.482. The second kappa shape index (κ2) is 4.38. The molecule has 3 rings (SSSR count). The molecule has 0 aliphatic carbocycles. The molecule has 4 atom stereocenters. The highest BCUT2D eigenvalue weighted by Crippen LogP contribution is 2.30. The van der Waals surface area contributed by atoms with Gasteiger partial charge in [0.05, 0.1) is 19.3 Å². The molecule has 3 heterocycles. The first-order valence-electron chi connectivity index (χ1n) is 5.66. The number of ether oxygens (including phenoxy) is 1. The third kappa shape index (κ3) is 1.75. The molecule has 2 aromatic rings. The van der Waals surface area contributed by atoms with Crippen LogP contribution in [-0.4, -0.2) is 59.8 Å². The summed E-state index contributed by atoms with van der Waals surface area (Å²) >= 11 is 0. The first-order chi connectivity index (χ1) is 9.13. The minimum atomic E-state index is -1.24. The predicted octanol–water partition coefficient (Wildman–Crippen LogP) is -2.27. The number of H-pyrrole nitrogens is 1. The van der Waals surface area contributed by atoms with Gasteiger partial charge in [0.15, 0.2) is 17.4 Å². The highest BCUT2D eigenvalue weighted by molar-refractivity contribution is 5.68. The van der Waals surface area contributed by atoms with Gasteiger partial charge in [-0.25, -0.2) is 9.97 Å². The van der Waals surface area contributed by atoms with E-state index in [0.717, 1.165) is 0 Å². The Hall–Kier alpha value is -1.81. The number of aromatic amines is 1. The molecular weight excluding hydrogens is 256 g/mol. The summed E-state index contributed by atoms with van der Waals surface area (Å²) < 4.78 is 6.70. The van der Waals surface area contributed by atoms with Crippen LogP contribution >= 0.6 is 0 Å². The first kappa shape index (κ1) is 12.2. The van der Waals surface area contributed by atoms with Crippen LogP contribution in [0, 0.1) is 0 Å². The summed E-state index contributed by atoms with van der Waals surface area (Å²) in [5.41, 5.74) is -0.0608. The van der Waals surface area contributed by atoms with Crippen molar-refractivity contribution in [1.29, 1.82) is 0 Å². The highest BCUT2D eigenvalue weighted by Gasteiger charge is 2.43. The Morgan fingerprint density at radius 3 is 2.84 bits per heavy atom. The van der Waals surface area contributed by atoms with Crippen LogP contribution in [0.1, 0.15) is 6.23 Å². The van der Waals surface area contributed by atoms with Gasteiger partial charge in [0.2, 0.25) is 0 Å². The van der Waals surface area contributed by atoms with E-state index in [1.165, 1.54) is 17.2 Å². The van der Waals surface area contributed by atoms with E-state index >= 15 is 0 Å². The van der Waals surface area contributed by atoms with Crippen LogP contribution in [-0.2, 0) is 4.74 Å². The summed E-state index contributed by atoms with van der Waals surface area (Å²) in [6.07, 6.45) is -1.78. The molecule has 1 saturated heterocycles. The maximum atomic E-state index is 11.5. The normalized spacial score (nSPS) is 31.1. The topological polar surface area (TPSA) is 133 Å². The molecule has 1 fully saturated rings. The minimum Gasteiger partial charge on any atom is -0.394 e. The molecule has 0 radical (unpaired) electrons. The van der Waals surface area contributed by atoms with Gasteiger partial charge in [-0.15, -0.1) is 0 Å². The molecule has 0 bridgehead atoms. The lowest BCUT2D eigenvalue weighted by atomic mass is 10.1. The fourth-order valence-electron chi connectivity index (χ4n) is 2.16. The van der Waals surface area contributed by atoms with Gasteiger partial charge in [-0.05, 0) is 0 Å². The molecule has 0 aromatic carbocycles. The zero-order valence-corrected chi connectivity index (χ0v) is 9.67. The Bertz CT molecular complexity index is 653. The van der Waals surface area contributed by atoms with Crippen molar-refractivity contribution in [2.75, 3.05) is 6.61 Å². The van der Waals surface area contributed by atoms with Crippen molar-refractivity contribution in [3.05, 3.63) is 23.0 Å². The summed E-state index contributed by atoms with van der Waals surface area (Å²) in [4.78, 5) is 21.8. The lowest BCUT2D eigenvalue weighted by Crippen LogP contribution is -2.33. The molecule has 4 N–H and O–H groups in total. The maximum Gasteiger partial charge on any atom is 0.278 e. The monoisotopic (exact) mass is 268 g/mol. The van der Waals surface area contributed by atoms with E-state index in [2.05, 4.69) is 15.0 Å². The molecule has 0 amide bonds. The zero-order valence-electron chi connectivity index (χ0n) is 9.67. The van der Waals surface area contributed by atoms with Crippen molar-refractivity contribution >= 4 is 11.2 Å². The molecule has 1 aliphatic rings. The third-order valence-electron chi connectivity index (χ3n) is 3.16. The van der Waals surface area contributed by atoms with Crippen LogP contribution in [0.3, 0.4) is 0 Å². The average Bonchev–Trinajstić information content (AvgIpc) is 2.94. The molecule has 2 aromatic heterocycles. The van der Waals surface area contributed by atoms with Crippen LogP contribution in [0.5, 0.6) is 0 Å². The molecule has 9 heteroatoms. The Kier molecular flexibility index (Phi) is 2.82. The lowest BCUT2D eigenvalue weighted by molar-refractivity contribution is -0.0511. The van der Waals surface area contributed by atoms with Crippen LogP contribution in [0.15, 0.2) is 17.4 Å². The van der Waals surface area contributed by atoms with Gasteiger partial charge >= 0.3 is 0 Å². The van der Waals surface area contributed by atoms with Crippen molar-refractivity contribution in [2.24, 2.45) is 0 Å². The van der Waals surface area contributed by atoms with Crippen molar-refractivity contribution in [3.8, 4) is 0 Å². The Labute approximate surface area is 106 Å². The minimum absolute atomic E-state index is 0.111. The molecule has 0 spiro atoms. The van der Waals surface area contributed by atoms with E-state index < -0.39 is 36.7 Å². The number of rotatable bonds is 2. The summed E-state index contributed by atoms with van der Waals surface area (Å²) in [6, 6.07) is 0. The van der Waals surface area contributed by atoms with E-state index in [1.807, 2.05) is 0 Å². The summed E-state index contributed by atoms with van der Waals surface area (Å²) in [5.74, 6) is 0. The van der Waals surface area contributed by atoms with Gasteiger partial charge in [-0.3, -0.25) is 9.36 Å². The second-order valence-corrected chi connectivity index (χ2v) is 4.28. The molecule has 2 unspecified atom stereocenters. The first-order valence-corrected chi connectivity index (χ1v) is 5.66. The lowest BCUT2D eigenvalue weighted by Gasteiger charge is -2.16. The van der Waals surface area contributed by atoms with Crippen molar-refractivity contribution in [2.45, 2.75) is 24.5 Å². The molecule has 9 nitrogen and oxygen atoms in total. The maximum absolute atomic E-state index is 11.5. The fraction of sp³-hybridized carbons (Fsp3) is 0.500. The summed E-state index contributed by atoms with van der Waals surface area (Å²) in [7, 11) is 0. The smallest absolute Gasteiger partial charge is 0.278 e. The van der Waals surface area contributed by atoms with E-state index in [0.29, 0.717) is 0 Å². The molecule has 19 heavy (non-hydrogen) atoms. The largest absolute Gasteiger partial charge is 0.394 e. The van der Waals surface area contributed by atoms with Crippen LogP contribution in [0.2, 0.25) is 0 Å². The van der Waals surface area contributed by atoms with Gasteiger partial charge in [-0.1, -0.05) is 0 Å². The van der Waals surface area contributed by atoms with E-state index in [-0.39, 0.29) is 11.2 Å². The number of aromatic nitrogens is 4. The number of nitrogens with zero attached hydrogens (tertiary/aromatic N) is 3. The number of nitrogens with one attached hydrogen (secondary N) is 1. The van der Waals surface area contributed by atoms with Gasteiger partial charge in [0.25, 0.3) is 5.56 Å². The van der Waals surface area contributed by atoms with Gasteiger partial charge < -0.3 is 25.0 Å². The average molecular weight is 268 g/mol. The summed E-state index contributed by atoms with van der Waals surface area (Å²) in [5, 5.41) is 28.6. The van der Waals surface area contributed by atoms with Crippen LogP contribution in [0.25, 0.3) is 11.2 Å². The van der Waals surface area contributed by atoms with E-state index in [9.17, 15) is 15.0 Å². The number of imidazole rings is 1. The molecule has 102 valence electrons. The van der Waals surface area contributed by atoms with Gasteiger partial charge in [-0.2, -0.15) is 0 Å². The predicted molar refractivity (Wildman–Crippen MR) is 61.2 cm³/mol. The number of fused-ring (bicyclic) bond motifs is 1. The highest BCUT2D eigenvalue weighted by atomic mass is 16.6. The molecule has 0 saturated carbocycles. The SMILES string of the molecule is O=c1[nH]cnc2c1ncn2[C@H]1O[C@H](CO)C(O)C1O. The van der Waals surface area contributed by atoms with E-state index in [4.69, 9.17) is 9.84 Å². The molecule has 1 aliphatic heterocycles. The Morgan fingerprint density at radius 2 is 2.16 bits per heavy atom. The van der Waals surface area contributed by atoms with Gasteiger partial charge in [0.1, 0.15) is 18.3 Å². The van der Waals surface area contributed by atoms with Crippen molar-refractivity contribution in [3.63, 3.8) is 0 Å². The van der Waals surface area contributed by atoms with Crippen LogP contribution in [0.4, 0.5) is 0 Å². The zero-order chi connectivity index (χ0) is 13.6. The fourth-order valence-corrected chi connectivity index (χ4v) is 2.16. The number of hydrogen-bond donors (Lipinski definition) is 4. The number of hydrogen-bond acceptors (Lipinski definition) is 7. The van der Waals surface area contributed by atoms with Crippen molar-refractivity contribution < 1.29 is 20.1 Å².